The van der Waals surface area contributed by atoms with Crippen molar-refractivity contribution in [3.63, 3.8) is 0 Å². The van der Waals surface area contributed by atoms with Crippen LogP contribution in [0.3, 0.4) is 0 Å². The predicted octanol–water partition coefficient (Wildman–Crippen LogP) is 3.14. The number of benzene rings is 1. The summed E-state index contributed by atoms with van der Waals surface area (Å²) in [6.45, 7) is 5.54. The van der Waals surface area contributed by atoms with E-state index in [9.17, 15) is 4.79 Å². The third kappa shape index (κ3) is 3.78. The minimum absolute atomic E-state index is 0.0409. The van der Waals surface area contributed by atoms with Crippen LogP contribution in [0.15, 0.2) is 34.9 Å². The Kier molecular flexibility index (Phi) is 4.74. The number of carbonyl (C=O) groups is 1. The van der Waals surface area contributed by atoms with Gasteiger partial charge in [0.1, 0.15) is 0 Å². The van der Waals surface area contributed by atoms with Crippen LogP contribution in [0.5, 0.6) is 0 Å². The second-order valence-corrected chi connectivity index (χ2v) is 6.48. The molecule has 0 spiro atoms. The van der Waals surface area contributed by atoms with E-state index in [-0.39, 0.29) is 17.7 Å². The van der Waals surface area contributed by atoms with E-state index in [0.717, 1.165) is 25.2 Å². The van der Waals surface area contributed by atoms with Crippen molar-refractivity contribution in [1.82, 2.24) is 15.0 Å². The summed E-state index contributed by atoms with van der Waals surface area (Å²) in [4.78, 5) is 18.5. The number of nitrogens with zero attached hydrogens (tertiary/aromatic N) is 3. The quantitative estimate of drug-likeness (QED) is 0.822. The molecule has 1 aromatic heterocycles. The molecule has 0 N–H and O–H groups in total. The van der Waals surface area contributed by atoms with Crippen LogP contribution in [0.25, 0.3) is 0 Å². The van der Waals surface area contributed by atoms with Crippen molar-refractivity contribution in [3.8, 4) is 0 Å². The first-order valence-corrected chi connectivity index (χ1v) is 8.28. The van der Waals surface area contributed by atoms with E-state index >= 15 is 0 Å². The van der Waals surface area contributed by atoms with Crippen molar-refractivity contribution in [3.05, 3.63) is 47.6 Å². The Balaban J connectivity index is 1.53. The second kappa shape index (κ2) is 6.94. The number of likely N-dealkylation sites (tertiary alicyclic amines) is 1. The molecule has 2 heterocycles. The maximum absolute atomic E-state index is 12.2. The lowest BCUT2D eigenvalue weighted by Gasteiger charge is -2.15. The van der Waals surface area contributed by atoms with Gasteiger partial charge in [-0.3, -0.25) is 4.79 Å². The van der Waals surface area contributed by atoms with Crippen LogP contribution in [0, 0.1) is 0 Å². The highest BCUT2D eigenvalue weighted by Crippen LogP contribution is 2.28. The first kappa shape index (κ1) is 15.7. The fourth-order valence-electron chi connectivity index (χ4n) is 2.92. The highest BCUT2D eigenvalue weighted by Gasteiger charge is 2.34. The van der Waals surface area contributed by atoms with Crippen LogP contribution in [-0.4, -0.2) is 34.0 Å². The highest BCUT2D eigenvalue weighted by atomic mass is 16.5. The van der Waals surface area contributed by atoms with Gasteiger partial charge in [-0.25, -0.2) is 0 Å². The van der Waals surface area contributed by atoms with Gasteiger partial charge in [-0.2, -0.15) is 4.98 Å². The van der Waals surface area contributed by atoms with Crippen molar-refractivity contribution < 1.29 is 9.32 Å². The van der Waals surface area contributed by atoms with E-state index in [1.54, 1.807) is 0 Å². The molecule has 5 nitrogen and oxygen atoms in total. The average Bonchev–Trinajstić information content (AvgIpc) is 3.16. The SMILES string of the molecule is CC(C)c1noc(C2CC(=O)N(CCCc3ccccc3)C2)n1. The summed E-state index contributed by atoms with van der Waals surface area (Å²) in [5, 5.41) is 4.00. The smallest absolute Gasteiger partial charge is 0.232 e. The monoisotopic (exact) mass is 313 g/mol. The minimum Gasteiger partial charge on any atom is -0.342 e. The summed E-state index contributed by atoms with van der Waals surface area (Å²) in [7, 11) is 0. The first-order valence-electron chi connectivity index (χ1n) is 8.28. The lowest BCUT2D eigenvalue weighted by atomic mass is 10.1. The number of aryl methyl sites for hydroxylation is 1. The molecule has 0 aliphatic carbocycles. The molecule has 1 atom stereocenters. The molecular weight excluding hydrogens is 290 g/mol. The number of hydrogen-bond donors (Lipinski definition) is 0. The van der Waals surface area contributed by atoms with Crippen molar-refractivity contribution >= 4 is 5.91 Å². The molecule has 1 aliphatic heterocycles. The third-order valence-electron chi connectivity index (χ3n) is 4.27. The Bertz CT molecular complexity index is 651. The van der Waals surface area contributed by atoms with E-state index in [1.165, 1.54) is 5.56 Å². The maximum Gasteiger partial charge on any atom is 0.232 e. The Morgan fingerprint density at radius 1 is 1.30 bits per heavy atom. The largest absolute Gasteiger partial charge is 0.342 e. The Labute approximate surface area is 136 Å². The van der Waals surface area contributed by atoms with Gasteiger partial charge in [0, 0.05) is 25.4 Å². The molecule has 1 aliphatic rings. The van der Waals surface area contributed by atoms with Gasteiger partial charge in [0.15, 0.2) is 5.82 Å². The molecule has 0 saturated carbocycles. The molecule has 1 amide bonds. The van der Waals surface area contributed by atoms with E-state index in [0.29, 0.717) is 18.9 Å². The topological polar surface area (TPSA) is 59.2 Å². The first-order chi connectivity index (χ1) is 11.1. The van der Waals surface area contributed by atoms with Gasteiger partial charge in [0.05, 0.1) is 5.92 Å². The number of rotatable bonds is 6. The molecule has 122 valence electrons. The van der Waals surface area contributed by atoms with E-state index in [4.69, 9.17) is 4.52 Å². The molecule has 0 bridgehead atoms. The maximum atomic E-state index is 12.2. The van der Waals surface area contributed by atoms with Crippen molar-refractivity contribution in [1.29, 1.82) is 0 Å². The molecular formula is C18H23N3O2. The number of hydrogen-bond acceptors (Lipinski definition) is 4. The molecule has 3 rings (SSSR count). The average molecular weight is 313 g/mol. The van der Waals surface area contributed by atoms with Gasteiger partial charge in [0.25, 0.3) is 0 Å². The molecule has 1 saturated heterocycles. The molecule has 1 unspecified atom stereocenters. The molecule has 1 aromatic carbocycles. The van der Waals surface area contributed by atoms with Gasteiger partial charge < -0.3 is 9.42 Å². The third-order valence-corrected chi connectivity index (χ3v) is 4.27. The number of aromatic nitrogens is 2. The molecule has 2 aromatic rings. The molecule has 0 radical (unpaired) electrons. The molecule has 23 heavy (non-hydrogen) atoms. The van der Waals surface area contributed by atoms with Crippen LogP contribution in [0.2, 0.25) is 0 Å². The normalized spacial score (nSPS) is 18.1. The summed E-state index contributed by atoms with van der Waals surface area (Å²) in [6.07, 6.45) is 2.45. The fraction of sp³-hybridized carbons (Fsp3) is 0.500. The van der Waals surface area contributed by atoms with Crippen molar-refractivity contribution in [2.45, 2.75) is 44.9 Å². The zero-order chi connectivity index (χ0) is 16.2. The summed E-state index contributed by atoms with van der Waals surface area (Å²) in [6, 6.07) is 10.4. The van der Waals surface area contributed by atoms with Crippen molar-refractivity contribution in [2.75, 3.05) is 13.1 Å². The lowest BCUT2D eigenvalue weighted by molar-refractivity contribution is -0.127. The summed E-state index contributed by atoms with van der Waals surface area (Å²) >= 11 is 0. The van der Waals surface area contributed by atoms with Gasteiger partial charge >= 0.3 is 0 Å². The van der Waals surface area contributed by atoms with Crippen LogP contribution < -0.4 is 0 Å². The van der Waals surface area contributed by atoms with Gasteiger partial charge in [-0.05, 0) is 18.4 Å². The fourth-order valence-corrected chi connectivity index (χ4v) is 2.92. The van der Waals surface area contributed by atoms with Crippen LogP contribution >= 0.6 is 0 Å². The zero-order valence-electron chi connectivity index (χ0n) is 13.7. The van der Waals surface area contributed by atoms with Crippen LogP contribution in [0.4, 0.5) is 0 Å². The van der Waals surface area contributed by atoms with Gasteiger partial charge in [-0.15, -0.1) is 0 Å². The second-order valence-electron chi connectivity index (χ2n) is 6.48. The molecule has 5 heteroatoms. The van der Waals surface area contributed by atoms with Gasteiger partial charge in [-0.1, -0.05) is 49.3 Å². The summed E-state index contributed by atoms with van der Waals surface area (Å²) < 4.78 is 5.34. The molecule has 1 fully saturated rings. The summed E-state index contributed by atoms with van der Waals surface area (Å²) in [5.41, 5.74) is 1.31. The predicted molar refractivity (Wildman–Crippen MR) is 87.1 cm³/mol. The number of carbonyl (C=O) groups excluding carboxylic acids is 1. The van der Waals surface area contributed by atoms with E-state index < -0.39 is 0 Å². The van der Waals surface area contributed by atoms with Crippen molar-refractivity contribution in [2.24, 2.45) is 0 Å². The Hall–Kier alpha value is -2.17. The van der Waals surface area contributed by atoms with E-state index in [1.807, 2.05) is 36.9 Å². The standard InChI is InChI=1S/C18H23N3O2/c1-13(2)17-19-18(23-20-17)15-11-16(22)21(12-15)10-6-9-14-7-4-3-5-8-14/h3-5,7-8,13,15H,6,9-12H2,1-2H3. The number of amides is 1. The highest BCUT2D eigenvalue weighted by molar-refractivity contribution is 5.79. The lowest BCUT2D eigenvalue weighted by Crippen LogP contribution is -2.26. The van der Waals surface area contributed by atoms with Crippen LogP contribution in [-0.2, 0) is 11.2 Å². The van der Waals surface area contributed by atoms with Gasteiger partial charge in [0.2, 0.25) is 11.8 Å². The minimum atomic E-state index is 0.0409. The summed E-state index contributed by atoms with van der Waals surface area (Å²) in [5.74, 6) is 1.79. The van der Waals surface area contributed by atoms with E-state index in [2.05, 4.69) is 22.3 Å². The Morgan fingerprint density at radius 3 is 2.78 bits per heavy atom. The van der Waals surface area contributed by atoms with Crippen LogP contribution in [0.1, 0.15) is 55.8 Å². The zero-order valence-corrected chi connectivity index (χ0v) is 13.7. The Morgan fingerprint density at radius 2 is 2.09 bits per heavy atom.